The molecule has 15 heavy (non-hydrogen) atoms. The summed E-state index contributed by atoms with van der Waals surface area (Å²) in [4.78, 5) is 14.4. The van der Waals surface area contributed by atoms with Crippen LogP contribution in [-0.2, 0) is 0 Å². The van der Waals surface area contributed by atoms with Gasteiger partial charge in [-0.05, 0) is 12.5 Å². The Labute approximate surface area is 87.8 Å². The van der Waals surface area contributed by atoms with E-state index in [0.717, 1.165) is 18.9 Å². The van der Waals surface area contributed by atoms with E-state index in [1.807, 2.05) is 0 Å². The number of carbonyl (C=O) groups is 1. The molecule has 0 spiro atoms. The van der Waals surface area contributed by atoms with E-state index in [0.29, 0.717) is 12.4 Å². The van der Waals surface area contributed by atoms with Gasteiger partial charge >= 0.3 is 5.97 Å². The lowest BCUT2D eigenvalue weighted by molar-refractivity contribution is 0.0696. The predicted octanol–water partition coefficient (Wildman–Crippen LogP) is 1.70. The Morgan fingerprint density at radius 1 is 1.53 bits per heavy atom. The molecule has 0 aromatic carbocycles. The van der Waals surface area contributed by atoms with Crippen molar-refractivity contribution in [2.45, 2.75) is 19.8 Å². The number of aromatic nitrogens is 1. The van der Waals surface area contributed by atoms with Gasteiger partial charge in [-0.2, -0.15) is 4.98 Å². The minimum Gasteiger partial charge on any atom is -0.493 e. The smallest absolute Gasteiger partial charge is 0.336 e. The maximum Gasteiger partial charge on any atom is 0.336 e. The number of pyridine rings is 1. The van der Waals surface area contributed by atoms with Crippen molar-refractivity contribution in [1.29, 1.82) is 0 Å². The molecular formula is C10H14N2O3. The van der Waals surface area contributed by atoms with Gasteiger partial charge in [-0.15, -0.1) is 0 Å². The van der Waals surface area contributed by atoms with E-state index in [1.54, 1.807) is 0 Å². The lowest BCUT2D eigenvalue weighted by atomic mass is 10.2. The fourth-order valence-electron chi connectivity index (χ4n) is 1.12. The first-order chi connectivity index (χ1) is 7.13. The minimum atomic E-state index is -1.08. The van der Waals surface area contributed by atoms with E-state index in [4.69, 9.17) is 5.11 Å². The summed E-state index contributed by atoms with van der Waals surface area (Å²) < 4.78 is 0. The first-order valence-corrected chi connectivity index (χ1v) is 4.81. The largest absolute Gasteiger partial charge is 0.493 e. The average molecular weight is 210 g/mol. The van der Waals surface area contributed by atoms with E-state index >= 15 is 0 Å². The molecule has 0 bridgehead atoms. The average Bonchev–Trinajstić information content (AvgIpc) is 2.17. The van der Waals surface area contributed by atoms with Crippen LogP contribution in [0, 0.1) is 0 Å². The molecule has 1 heterocycles. The third-order valence-corrected chi connectivity index (χ3v) is 1.90. The number of anilines is 1. The molecule has 1 aromatic rings. The number of rotatable bonds is 5. The van der Waals surface area contributed by atoms with Crippen molar-refractivity contribution in [2.24, 2.45) is 0 Å². The number of carboxylic acids is 1. The van der Waals surface area contributed by atoms with Crippen molar-refractivity contribution in [3.63, 3.8) is 0 Å². The van der Waals surface area contributed by atoms with Gasteiger partial charge in [-0.3, -0.25) is 0 Å². The molecule has 0 fully saturated rings. The molecule has 0 radical (unpaired) electrons. The Bertz CT molecular complexity index is 353. The zero-order valence-corrected chi connectivity index (χ0v) is 8.53. The van der Waals surface area contributed by atoms with Crippen LogP contribution in [0.3, 0.4) is 0 Å². The van der Waals surface area contributed by atoms with Gasteiger partial charge in [0.1, 0.15) is 5.82 Å². The third kappa shape index (κ3) is 3.46. The van der Waals surface area contributed by atoms with Crippen molar-refractivity contribution in [2.75, 3.05) is 11.9 Å². The number of carboxylic acid groups (broad SMARTS) is 1. The van der Waals surface area contributed by atoms with Crippen molar-refractivity contribution < 1.29 is 15.0 Å². The molecule has 0 aliphatic rings. The summed E-state index contributed by atoms with van der Waals surface area (Å²) in [6.45, 7) is 2.77. The van der Waals surface area contributed by atoms with Crippen LogP contribution < -0.4 is 5.32 Å². The van der Waals surface area contributed by atoms with E-state index in [9.17, 15) is 9.90 Å². The highest BCUT2D eigenvalue weighted by Crippen LogP contribution is 2.14. The topological polar surface area (TPSA) is 82.5 Å². The summed E-state index contributed by atoms with van der Waals surface area (Å²) in [5.41, 5.74) is 0.0292. The summed E-state index contributed by atoms with van der Waals surface area (Å²) in [6.07, 6.45) is 2.01. The zero-order valence-electron chi connectivity index (χ0n) is 8.53. The first-order valence-electron chi connectivity index (χ1n) is 4.81. The second kappa shape index (κ2) is 5.19. The van der Waals surface area contributed by atoms with Gasteiger partial charge < -0.3 is 15.5 Å². The molecule has 0 atom stereocenters. The Hall–Kier alpha value is -1.78. The summed E-state index contributed by atoms with van der Waals surface area (Å²) in [5.74, 6) is -0.971. The molecule has 0 amide bonds. The number of hydrogen-bond acceptors (Lipinski definition) is 4. The van der Waals surface area contributed by atoms with Crippen molar-refractivity contribution in [3.05, 3.63) is 17.7 Å². The zero-order chi connectivity index (χ0) is 11.3. The monoisotopic (exact) mass is 210 g/mol. The molecule has 0 aliphatic heterocycles. The maximum atomic E-state index is 10.7. The van der Waals surface area contributed by atoms with Crippen molar-refractivity contribution >= 4 is 11.8 Å². The van der Waals surface area contributed by atoms with Gasteiger partial charge in [0.2, 0.25) is 5.88 Å². The molecule has 5 nitrogen and oxygen atoms in total. The van der Waals surface area contributed by atoms with Crippen LogP contribution in [0.15, 0.2) is 12.1 Å². The summed E-state index contributed by atoms with van der Waals surface area (Å²) in [7, 11) is 0. The highest BCUT2D eigenvalue weighted by atomic mass is 16.4. The number of hydrogen-bond donors (Lipinski definition) is 3. The van der Waals surface area contributed by atoms with Crippen molar-refractivity contribution in [3.8, 4) is 5.88 Å². The number of unbranched alkanes of at least 4 members (excludes halogenated alkanes) is 1. The molecule has 0 unspecified atom stereocenters. The lowest BCUT2D eigenvalue weighted by Crippen LogP contribution is -2.05. The number of aromatic carboxylic acids is 1. The number of nitrogens with one attached hydrogen (secondary N) is 1. The quantitative estimate of drug-likeness (QED) is 0.644. The SMILES string of the molecule is CCCCNc1cc(C(=O)O)cc(O)n1. The predicted molar refractivity (Wildman–Crippen MR) is 56.3 cm³/mol. The van der Waals surface area contributed by atoms with Crippen molar-refractivity contribution in [1.82, 2.24) is 4.98 Å². The maximum absolute atomic E-state index is 10.7. The minimum absolute atomic E-state index is 0.0292. The Kier molecular flexibility index (Phi) is 3.91. The van der Waals surface area contributed by atoms with Gasteiger partial charge in [0.15, 0.2) is 0 Å². The standard InChI is InChI=1S/C10H14N2O3/c1-2-3-4-11-8-5-7(10(14)15)6-9(13)12-8/h5-6H,2-4H2,1H3,(H,14,15)(H2,11,12,13). The van der Waals surface area contributed by atoms with Crippen LogP contribution in [0.4, 0.5) is 5.82 Å². The molecular weight excluding hydrogens is 196 g/mol. The molecule has 1 rings (SSSR count). The van der Waals surface area contributed by atoms with Crippen LogP contribution in [0.2, 0.25) is 0 Å². The lowest BCUT2D eigenvalue weighted by Gasteiger charge is -2.05. The van der Waals surface area contributed by atoms with Crippen LogP contribution in [0.1, 0.15) is 30.1 Å². The van der Waals surface area contributed by atoms with Gasteiger partial charge in [-0.1, -0.05) is 13.3 Å². The Morgan fingerprint density at radius 3 is 2.87 bits per heavy atom. The van der Waals surface area contributed by atoms with Gasteiger partial charge in [-0.25, -0.2) is 4.79 Å². The van der Waals surface area contributed by atoms with Crippen LogP contribution in [-0.4, -0.2) is 27.7 Å². The van der Waals surface area contributed by atoms with Gasteiger partial charge in [0, 0.05) is 12.6 Å². The fourth-order valence-corrected chi connectivity index (χ4v) is 1.12. The fraction of sp³-hybridized carbons (Fsp3) is 0.400. The van der Waals surface area contributed by atoms with Crippen LogP contribution >= 0.6 is 0 Å². The normalized spacial score (nSPS) is 9.93. The van der Waals surface area contributed by atoms with E-state index in [1.165, 1.54) is 6.07 Å². The van der Waals surface area contributed by atoms with E-state index < -0.39 is 5.97 Å². The molecule has 1 aromatic heterocycles. The molecule has 82 valence electrons. The molecule has 5 heteroatoms. The number of aromatic hydroxyl groups is 1. The summed E-state index contributed by atoms with van der Waals surface area (Å²) in [6, 6.07) is 2.52. The third-order valence-electron chi connectivity index (χ3n) is 1.90. The molecule has 0 aliphatic carbocycles. The highest BCUT2D eigenvalue weighted by Gasteiger charge is 2.07. The Morgan fingerprint density at radius 2 is 2.27 bits per heavy atom. The van der Waals surface area contributed by atoms with Crippen LogP contribution in [0.5, 0.6) is 5.88 Å². The molecule has 3 N–H and O–H groups in total. The van der Waals surface area contributed by atoms with Gasteiger partial charge in [0.25, 0.3) is 0 Å². The van der Waals surface area contributed by atoms with E-state index in [-0.39, 0.29) is 11.4 Å². The number of nitrogens with zero attached hydrogens (tertiary/aromatic N) is 1. The summed E-state index contributed by atoms with van der Waals surface area (Å²) in [5, 5.41) is 20.9. The summed E-state index contributed by atoms with van der Waals surface area (Å²) >= 11 is 0. The highest BCUT2D eigenvalue weighted by molar-refractivity contribution is 5.88. The van der Waals surface area contributed by atoms with E-state index in [2.05, 4.69) is 17.2 Å². The van der Waals surface area contributed by atoms with Gasteiger partial charge in [0.05, 0.1) is 5.56 Å². The molecule has 0 saturated heterocycles. The van der Waals surface area contributed by atoms with Crippen LogP contribution in [0.25, 0.3) is 0 Å². The first kappa shape index (κ1) is 11.3. The molecule has 0 saturated carbocycles. The Balaban J connectivity index is 2.75. The second-order valence-corrected chi connectivity index (χ2v) is 3.18. The second-order valence-electron chi connectivity index (χ2n) is 3.18.